The molecule has 5 nitrogen and oxygen atoms in total. The second-order valence-electron chi connectivity index (χ2n) is 6.65. The lowest BCUT2D eigenvalue weighted by Crippen LogP contribution is -2.14. The summed E-state index contributed by atoms with van der Waals surface area (Å²) in [5.41, 5.74) is 1.45. The number of amides is 1. The Bertz CT molecular complexity index is 1260. The van der Waals surface area contributed by atoms with Crippen LogP contribution in [-0.4, -0.2) is 18.3 Å². The first kappa shape index (κ1) is 21.0. The Labute approximate surface area is 188 Å². The number of furan rings is 1. The van der Waals surface area contributed by atoms with Crippen LogP contribution in [0.2, 0.25) is 10.0 Å². The highest BCUT2D eigenvalue weighted by Crippen LogP contribution is 2.36. The number of hydrogen-bond donors (Lipinski definition) is 1. The van der Waals surface area contributed by atoms with Gasteiger partial charge in [-0.15, -0.1) is 0 Å². The normalized spacial score (nSPS) is 10.8. The number of para-hydroxylation sites is 1. The number of nitrogens with one attached hydrogen (secondary N) is 1. The van der Waals surface area contributed by atoms with E-state index in [0.717, 1.165) is 0 Å². The van der Waals surface area contributed by atoms with E-state index in [1.165, 1.54) is 12.1 Å². The summed E-state index contributed by atoms with van der Waals surface area (Å²) in [6.07, 6.45) is 0. The maximum atomic E-state index is 13.1. The smallest absolute Gasteiger partial charge is 0.255 e. The standard InChI is InChI=1S/C24H17Cl2NO4/c1-2-30-22-17(25)12-15(13-18(22)26)24(29)27-20-16-10-6-7-11-19(16)31-23(20)21(28)14-8-4-3-5-9-14/h3-13H,2H2,1H3,(H,27,29). The number of halogens is 2. The quantitative estimate of drug-likeness (QED) is 0.333. The lowest BCUT2D eigenvalue weighted by atomic mass is 10.1. The molecular weight excluding hydrogens is 437 g/mol. The van der Waals surface area contributed by atoms with Crippen molar-refractivity contribution in [3.05, 3.63) is 93.7 Å². The fourth-order valence-corrected chi connectivity index (χ4v) is 3.81. The molecule has 0 saturated heterocycles. The second-order valence-corrected chi connectivity index (χ2v) is 7.47. The van der Waals surface area contributed by atoms with Crippen LogP contribution in [0.3, 0.4) is 0 Å². The Hall–Kier alpha value is -3.28. The summed E-state index contributed by atoms with van der Waals surface area (Å²) in [5.74, 6) is -0.463. The van der Waals surface area contributed by atoms with Crippen molar-refractivity contribution in [2.75, 3.05) is 11.9 Å². The highest BCUT2D eigenvalue weighted by Gasteiger charge is 2.24. The molecule has 4 rings (SSSR count). The molecule has 0 aliphatic heterocycles. The van der Waals surface area contributed by atoms with Crippen molar-refractivity contribution in [1.82, 2.24) is 0 Å². The van der Waals surface area contributed by atoms with Gasteiger partial charge in [0.1, 0.15) is 5.58 Å². The highest BCUT2D eigenvalue weighted by atomic mass is 35.5. The Kier molecular flexibility index (Phi) is 5.98. The van der Waals surface area contributed by atoms with Gasteiger partial charge in [-0.1, -0.05) is 65.7 Å². The molecular formula is C24H17Cl2NO4. The van der Waals surface area contributed by atoms with Gasteiger partial charge in [0.15, 0.2) is 11.5 Å². The number of hydrogen-bond acceptors (Lipinski definition) is 4. The Morgan fingerprint density at radius 1 is 0.935 bits per heavy atom. The summed E-state index contributed by atoms with van der Waals surface area (Å²) in [5, 5.41) is 3.84. The number of ether oxygens (including phenoxy) is 1. The van der Waals surface area contributed by atoms with Crippen molar-refractivity contribution < 1.29 is 18.7 Å². The molecule has 0 unspecified atom stereocenters. The van der Waals surface area contributed by atoms with Crippen LogP contribution in [0.1, 0.15) is 33.4 Å². The van der Waals surface area contributed by atoms with E-state index in [0.29, 0.717) is 28.9 Å². The SMILES string of the molecule is CCOc1c(Cl)cc(C(=O)Nc2c(C(=O)c3ccccc3)oc3ccccc23)cc1Cl. The highest BCUT2D eigenvalue weighted by molar-refractivity contribution is 6.38. The predicted molar refractivity (Wildman–Crippen MR) is 122 cm³/mol. The molecule has 0 saturated carbocycles. The Balaban J connectivity index is 1.75. The minimum Gasteiger partial charge on any atom is -0.491 e. The van der Waals surface area contributed by atoms with Gasteiger partial charge in [0.05, 0.1) is 22.3 Å². The van der Waals surface area contributed by atoms with E-state index in [2.05, 4.69) is 5.32 Å². The molecule has 31 heavy (non-hydrogen) atoms. The number of benzene rings is 3. The maximum Gasteiger partial charge on any atom is 0.255 e. The van der Waals surface area contributed by atoms with Gasteiger partial charge in [-0.25, -0.2) is 0 Å². The molecule has 4 aromatic rings. The van der Waals surface area contributed by atoms with Gasteiger partial charge in [0.25, 0.3) is 5.91 Å². The number of fused-ring (bicyclic) bond motifs is 1. The van der Waals surface area contributed by atoms with Crippen LogP contribution in [-0.2, 0) is 0 Å². The number of carbonyl (C=O) groups is 2. The number of carbonyl (C=O) groups excluding carboxylic acids is 2. The zero-order valence-electron chi connectivity index (χ0n) is 16.4. The van der Waals surface area contributed by atoms with Gasteiger partial charge in [-0.05, 0) is 31.2 Å². The van der Waals surface area contributed by atoms with Crippen molar-refractivity contribution >= 4 is 51.5 Å². The molecule has 0 radical (unpaired) electrons. The number of anilines is 1. The topological polar surface area (TPSA) is 68.5 Å². The van der Waals surface area contributed by atoms with Gasteiger partial charge >= 0.3 is 0 Å². The van der Waals surface area contributed by atoms with Crippen LogP contribution in [0.4, 0.5) is 5.69 Å². The fraction of sp³-hybridized carbons (Fsp3) is 0.0833. The molecule has 3 aromatic carbocycles. The molecule has 0 fully saturated rings. The first-order valence-corrected chi connectivity index (χ1v) is 10.3. The van der Waals surface area contributed by atoms with E-state index >= 15 is 0 Å². The van der Waals surface area contributed by atoms with E-state index in [4.69, 9.17) is 32.4 Å². The first-order chi connectivity index (χ1) is 15.0. The van der Waals surface area contributed by atoms with Gasteiger partial charge < -0.3 is 14.5 Å². The molecule has 1 amide bonds. The van der Waals surface area contributed by atoms with E-state index in [1.807, 2.05) is 13.0 Å². The molecule has 1 aromatic heterocycles. The zero-order valence-corrected chi connectivity index (χ0v) is 18.0. The fourth-order valence-electron chi connectivity index (χ4n) is 3.21. The molecule has 0 bridgehead atoms. The van der Waals surface area contributed by atoms with E-state index < -0.39 is 5.91 Å². The third kappa shape index (κ3) is 4.15. The maximum absolute atomic E-state index is 13.1. The van der Waals surface area contributed by atoms with Crippen LogP contribution in [0.25, 0.3) is 11.0 Å². The molecule has 1 N–H and O–H groups in total. The average molecular weight is 454 g/mol. The largest absolute Gasteiger partial charge is 0.491 e. The first-order valence-electron chi connectivity index (χ1n) is 9.54. The van der Waals surface area contributed by atoms with Crippen molar-refractivity contribution in [2.24, 2.45) is 0 Å². The van der Waals surface area contributed by atoms with E-state index in [-0.39, 0.29) is 32.8 Å². The minimum absolute atomic E-state index is 0.0453. The molecule has 7 heteroatoms. The Morgan fingerprint density at radius 3 is 2.26 bits per heavy atom. The second kappa shape index (κ2) is 8.84. The third-order valence-electron chi connectivity index (χ3n) is 4.63. The van der Waals surface area contributed by atoms with Crippen LogP contribution in [0.15, 0.2) is 71.1 Å². The zero-order chi connectivity index (χ0) is 22.0. The number of rotatable bonds is 6. The van der Waals surface area contributed by atoms with Crippen molar-refractivity contribution in [1.29, 1.82) is 0 Å². The predicted octanol–water partition coefficient (Wildman–Crippen LogP) is 6.62. The van der Waals surface area contributed by atoms with Gasteiger partial charge in [-0.3, -0.25) is 9.59 Å². The molecule has 0 spiro atoms. The average Bonchev–Trinajstić information content (AvgIpc) is 3.14. The molecule has 0 aliphatic carbocycles. The lowest BCUT2D eigenvalue weighted by molar-refractivity contribution is 0.101. The van der Waals surface area contributed by atoms with Crippen molar-refractivity contribution in [3.8, 4) is 5.75 Å². The van der Waals surface area contributed by atoms with Crippen LogP contribution in [0, 0.1) is 0 Å². The summed E-state index contributed by atoms with van der Waals surface area (Å²) in [6.45, 7) is 2.19. The van der Waals surface area contributed by atoms with Crippen molar-refractivity contribution in [3.63, 3.8) is 0 Å². The lowest BCUT2D eigenvalue weighted by Gasteiger charge is -2.11. The third-order valence-corrected chi connectivity index (χ3v) is 5.19. The minimum atomic E-state index is -0.486. The van der Waals surface area contributed by atoms with Gasteiger partial charge in [-0.2, -0.15) is 0 Å². The monoisotopic (exact) mass is 453 g/mol. The summed E-state index contributed by atoms with van der Waals surface area (Å²) >= 11 is 12.5. The van der Waals surface area contributed by atoms with Gasteiger partial charge in [0, 0.05) is 16.5 Å². The molecule has 1 heterocycles. The summed E-state index contributed by atoms with van der Waals surface area (Å²) in [7, 11) is 0. The number of ketones is 1. The molecule has 0 atom stereocenters. The summed E-state index contributed by atoms with van der Waals surface area (Å²) in [4.78, 5) is 26.1. The van der Waals surface area contributed by atoms with Crippen molar-refractivity contribution in [2.45, 2.75) is 6.92 Å². The summed E-state index contributed by atoms with van der Waals surface area (Å²) < 4.78 is 11.2. The van der Waals surface area contributed by atoms with Crippen LogP contribution >= 0.6 is 23.2 Å². The van der Waals surface area contributed by atoms with Crippen LogP contribution in [0.5, 0.6) is 5.75 Å². The Morgan fingerprint density at radius 2 is 1.58 bits per heavy atom. The van der Waals surface area contributed by atoms with Gasteiger partial charge in [0.2, 0.25) is 5.78 Å². The molecule has 0 aliphatic rings. The summed E-state index contributed by atoms with van der Waals surface area (Å²) in [6, 6.07) is 18.7. The van der Waals surface area contributed by atoms with E-state index in [9.17, 15) is 9.59 Å². The van der Waals surface area contributed by atoms with E-state index in [1.54, 1.807) is 48.5 Å². The van der Waals surface area contributed by atoms with Crippen LogP contribution < -0.4 is 10.1 Å². The molecule has 156 valence electrons.